The first-order valence-electron chi connectivity index (χ1n) is 8.55. The van der Waals surface area contributed by atoms with Crippen molar-refractivity contribution in [2.45, 2.75) is 31.7 Å². The van der Waals surface area contributed by atoms with Crippen LogP contribution in [0.4, 0.5) is 0 Å². The first-order chi connectivity index (χ1) is 12.1. The van der Waals surface area contributed by atoms with E-state index < -0.39 is 0 Å². The summed E-state index contributed by atoms with van der Waals surface area (Å²) in [6.07, 6.45) is 6.30. The Kier molecular flexibility index (Phi) is 5.92. The molecule has 3 rings (SSSR count). The molecule has 0 N–H and O–H groups in total. The topological polar surface area (TPSA) is 34.5 Å². The predicted octanol–water partition coefficient (Wildman–Crippen LogP) is 4.85. The molecule has 1 aliphatic rings. The van der Waals surface area contributed by atoms with Gasteiger partial charge in [-0.3, -0.25) is 4.79 Å². The van der Waals surface area contributed by atoms with Crippen molar-refractivity contribution in [2.24, 2.45) is 7.05 Å². The number of hydrogen-bond donors (Lipinski definition) is 0. The number of aryl methyl sites for hydroxylation is 1. The van der Waals surface area contributed by atoms with Gasteiger partial charge in [0.1, 0.15) is 5.75 Å². The van der Waals surface area contributed by atoms with Crippen LogP contribution in [0.25, 0.3) is 0 Å². The zero-order valence-corrected chi connectivity index (χ0v) is 15.8. The number of halogens is 2. The van der Waals surface area contributed by atoms with Gasteiger partial charge in [0, 0.05) is 30.5 Å². The Morgan fingerprint density at radius 3 is 2.80 bits per heavy atom. The quantitative estimate of drug-likeness (QED) is 0.759. The largest absolute Gasteiger partial charge is 0.482 e. The van der Waals surface area contributed by atoms with E-state index in [1.165, 1.54) is 5.69 Å². The van der Waals surface area contributed by atoms with E-state index in [0.717, 1.165) is 32.2 Å². The average Bonchev–Trinajstić information content (AvgIpc) is 2.86. The first kappa shape index (κ1) is 18.2. The number of aromatic nitrogens is 1. The van der Waals surface area contributed by atoms with Gasteiger partial charge in [0.2, 0.25) is 0 Å². The molecule has 6 heteroatoms. The molecule has 0 spiro atoms. The summed E-state index contributed by atoms with van der Waals surface area (Å²) >= 11 is 12.0. The molecule has 4 nitrogen and oxygen atoms in total. The van der Waals surface area contributed by atoms with Crippen molar-refractivity contribution in [3.8, 4) is 5.75 Å². The fourth-order valence-electron chi connectivity index (χ4n) is 3.35. The molecular formula is C19H22Cl2N2O2. The molecule has 0 radical (unpaired) electrons. The van der Waals surface area contributed by atoms with Crippen LogP contribution in [0.2, 0.25) is 10.0 Å². The van der Waals surface area contributed by atoms with Gasteiger partial charge in [-0.15, -0.1) is 0 Å². The number of hydrogen-bond acceptors (Lipinski definition) is 2. The summed E-state index contributed by atoms with van der Waals surface area (Å²) in [5.74, 6) is 0.462. The van der Waals surface area contributed by atoms with Gasteiger partial charge in [-0.05, 0) is 43.2 Å². The van der Waals surface area contributed by atoms with Crippen LogP contribution in [0.15, 0.2) is 36.5 Å². The van der Waals surface area contributed by atoms with E-state index in [1.54, 1.807) is 18.2 Å². The monoisotopic (exact) mass is 380 g/mol. The van der Waals surface area contributed by atoms with Crippen molar-refractivity contribution in [1.29, 1.82) is 0 Å². The van der Waals surface area contributed by atoms with Crippen LogP contribution in [-0.4, -0.2) is 28.5 Å². The average molecular weight is 381 g/mol. The van der Waals surface area contributed by atoms with Crippen molar-refractivity contribution in [2.75, 3.05) is 13.2 Å². The van der Waals surface area contributed by atoms with E-state index in [-0.39, 0.29) is 18.6 Å². The summed E-state index contributed by atoms with van der Waals surface area (Å²) < 4.78 is 7.75. The molecule has 1 aromatic carbocycles. The lowest BCUT2D eigenvalue weighted by molar-refractivity contribution is -0.136. The van der Waals surface area contributed by atoms with Crippen molar-refractivity contribution in [3.63, 3.8) is 0 Å². The molecule has 1 fully saturated rings. The maximum atomic E-state index is 12.8. The fraction of sp³-hybridized carbons (Fsp3) is 0.421. The smallest absolute Gasteiger partial charge is 0.261 e. The number of ether oxygens (including phenoxy) is 1. The van der Waals surface area contributed by atoms with E-state index >= 15 is 0 Å². The first-order valence-corrected chi connectivity index (χ1v) is 9.30. The standard InChI is InChI=1S/C19H22Cl2N2O2/c1-22-10-5-7-16(22)17-6-3-2-4-11-23(17)19(24)13-25-18-9-8-14(20)12-15(18)21/h5,7-10,12,17H,2-4,6,11,13H2,1H3/t17-/m0/s1. The van der Waals surface area contributed by atoms with Gasteiger partial charge in [0.15, 0.2) is 6.61 Å². The molecule has 0 unspecified atom stereocenters. The number of carbonyl (C=O) groups excluding carboxylic acids is 1. The van der Waals surface area contributed by atoms with Gasteiger partial charge in [-0.25, -0.2) is 0 Å². The minimum Gasteiger partial charge on any atom is -0.482 e. The summed E-state index contributed by atoms with van der Waals surface area (Å²) in [7, 11) is 2.02. The summed E-state index contributed by atoms with van der Waals surface area (Å²) in [5.41, 5.74) is 1.17. The maximum Gasteiger partial charge on any atom is 0.261 e. The third kappa shape index (κ3) is 4.31. The molecule has 0 saturated carbocycles. The highest BCUT2D eigenvalue weighted by atomic mass is 35.5. The number of rotatable bonds is 4. The molecule has 1 amide bonds. The van der Waals surface area contributed by atoms with E-state index in [4.69, 9.17) is 27.9 Å². The summed E-state index contributed by atoms with van der Waals surface area (Å²) in [6, 6.07) is 9.21. The van der Waals surface area contributed by atoms with Crippen molar-refractivity contribution in [3.05, 3.63) is 52.3 Å². The van der Waals surface area contributed by atoms with Gasteiger partial charge in [0.25, 0.3) is 5.91 Å². The zero-order chi connectivity index (χ0) is 17.8. The van der Waals surface area contributed by atoms with Crippen LogP contribution in [0.5, 0.6) is 5.75 Å². The highest BCUT2D eigenvalue weighted by molar-refractivity contribution is 6.35. The summed E-state index contributed by atoms with van der Waals surface area (Å²) in [6.45, 7) is 0.731. The predicted molar refractivity (Wildman–Crippen MR) is 100 cm³/mol. The normalized spacial score (nSPS) is 18.0. The highest BCUT2D eigenvalue weighted by Crippen LogP contribution is 2.31. The second kappa shape index (κ2) is 8.15. The number of likely N-dealkylation sites (tertiary alicyclic amines) is 1. The van der Waals surface area contributed by atoms with Crippen molar-refractivity contribution < 1.29 is 9.53 Å². The van der Waals surface area contributed by atoms with Gasteiger partial charge in [0.05, 0.1) is 11.1 Å². The van der Waals surface area contributed by atoms with E-state index in [9.17, 15) is 4.79 Å². The third-order valence-electron chi connectivity index (χ3n) is 4.64. The third-order valence-corrected chi connectivity index (χ3v) is 5.17. The summed E-state index contributed by atoms with van der Waals surface area (Å²) in [4.78, 5) is 14.8. The van der Waals surface area contributed by atoms with E-state index in [0.29, 0.717) is 15.8 Å². The van der Waals surface area contributed by atoms with Gasteiger partial charge in [-0.2, -0.15) is 0 Å². The van der Waals surface area contributed by atoms with Crippen LogP contribution in [0, 0.1) is 0 Å². The van der Waals surface area contributed by atoms with Gasteiger partial charge in [-0.1, -0.05) is 36.0 Å². The SMILES string of the molecule is Cn1cccc1[C@@H]1CCCCCN1C(=O)COc1ccc(Cl)cc1Cl. The van der Waals surface area contributed by atoms with Crippen LogP contribution in [0.1, 0.15) is 37.4 Å². The minimum absolute atomic E-state index is 0.0147. The molecule has 1 saturated heterocycles. The zero-order valence-electron chi connectivity index (χ0n) is 14.3. The number of amides is 1. The Balaban J connectivity index is 1.72. The lowest BCUT2D eigenvalue weighted by Crippen LogP contribution is -2.38. The van der Waals surface area contributed by atoms with Gasteiger partial charge >= 0.3 is 0 Å². The molecule has 1 aromatic heterocycles. The Labute approximate surface area is 158 Å². The number of benzene rings is 1. The molecule has 1 aliphatic heterocycles. The molecule has 0 aliphatic carbocycles. The maximum absolute atomic E-state index is 12.8. The molecular weight excluding hydrogens is 359 g/mol. The highest BCUT2D eigenvalue weighted by Gasteiger charge is 2.28. The van der Waals surface area contributed by atoms with Crippen LogP contribution >= 0.6 is 23.2 Å². The lowest BCUT2D eigenvalue weighted by Gasteiger charge is -2.30. The van der Waals surface area contributed by atoms with E-state index in [1.807, 2.05) is 24.2 Å². The Morgan fingerprint density at radius 1 is 1.24 bits per heavy atom. The number of carbonyl (C=O) groups is 1. The molecule has 2 heterocycles. The molecule has 0 bridgehead atoms. The molecule has 1 atom stereocenters. The fourth-order valence-corrected chi connectivity index (χ4v) is 3.81. The number of nitrogens with zero attached hydrogens (tertiary/aromatic N) is 2. The van der Waals surface area contributed by atoms with Crippen molar-refractivity contribution in [1.82, 2.24) is 9.47 Å². The summed E-state index contributed by atoms with van der Waals surface area (Å²) in [5, 5.41) is 0.954. The second-order valence-electron chi connectivity index (χ2n) is 6.36. The minimum atomic E-state index is -0.0255. The lowest BCUT2D eigenvalue weighted by atomic mass is 10.1. The molecule has 134 valence electrons. The second-order valence-corrected chi connectivity index (χ2v) is 7.20. The van der Waals surface area contributed by atoms with Crippen LogP contribution < -0.4 is 4.74 Å². The molecule has 25 heavy (non-hydrogen) atoms. The Hall–Kier alpha value is -1.65. The Bertz CT molecular complexity index is 745. The van der Waals surface area contributed by atoms with Crippen LogP contribution in [-0.2, 0) is 11.8 Å². The van der Waals surface area contributed by atoms with Crippen LogP contribution in [0.3, 0.4) is 0 Å². The molecule has 2 aromatic rings. The van der Waals surface area contributed by atoms with Gasteiger partial charge < -0.3 is 14.2 Å². The Morgan fingerprint density at radius 2 is 2.08 bits per heavy atom. The van der Waals surface area contributed by atoms with Crippen molar-refractivity contribution >= 4 is 29.1 Å². The van der Waals surface area contributed by atoms with E-state index in [2.05, 4.69) is 10.6 Å².